The molecular formula is C19H30N3O2S+. The van der Waals surface area contributed by atoms with Gasteiger partial charge in [-0.05, 0) is 37.1 Å². The third kappa shape index (κ3) is 6.36. The van der Waals surface area contributed by atoms with Crippen LogP contribution in [0.1, 0.15) is 32.6 Å². The Kier molecular flexibility index (Phi) is 7.78. The van der Waals surface area contributed by atoms with Crippen molar-refractivity contribution in [3.8, 4) is 0 Å². The van der Waals surface area contributed by atoms with Gasteiger partial charge < -0.3 is 15.5 Å². The van der Waals surface area contributed by atoms with E-state index in [1.807, 2.05) is 37.6 Å². The largest absolute Gasteiger partial charge is 0.348 e. The molecule has 2 amide bonds. The number of hydrogen-bond acceptors (Lipinski definition) is 3. The minimum absolute atomic E-state index is 0.0357. The maximum Gasteiger partial charge on any atom is 0.279 e. The second-order valence-electron chi connectivity index (χ2n) is 6.99. The predicted octanol–water partition coefficient (Wildman–Crippen LogP) is 1.56. The van der Waals surface area contributed by atoms with Crippen LogP contribution in [0.3, 0.4) is 0 Å². The first kappa shape index (κ1) is 19.8. The summed E-state index contributed by atoms with van der Waals surface area (Å²) < 4.78 is 0. The van der Waals surface area contributed by atoms with Gasteiger partial charge in [0.1, 0.15) is 0 Å². The number of likely N-dealkylation sites (N-methyl/N-ethyl adjacent to an activating group) is 1. The Balaban J connectivity index is 1.77. The molecule has 3 atom stereocenters. The monoisotopic (exact) mass is 364 g/mol. The van der Waals surface area contributed by atoms with Crippen molar-refractivity contribution in [1.29, 1.82) is 0 Å². The lowest BCUT2D eigenvalue weighted by Gasteiger charge is -2.29. The van der Waals surface area contributed by atoms with Crippen LogP contribution in [-0.2, 0) is 9.59 Å². The highest BCUT2D eigenvalue weighted by molar-refractivity contribution is 7.98. The number of para-hydroxylation sites is 1. The van der Waals surface area contributed by atoms with Gasteiger partial charge in [0.05, 0.1) is 12.7 Å². The molecule has 1 aliphatic rings. The fourth-order valence-corrected chi connectivity index (χ4v) is 3.90. The van der Waals surface area contributed by atoms with Crippen molar-refractivity contribution in [2.45, 2.75) is 43.5 Å². The summed E-state index contributed by atoms with van der Waals surface area (Å²) in [5.74, 6) is 0.510. The smallest absolute Gasteiger partial charge is 0.279 e. The first-order chi connectivity index (χ1) is 12.0. The summed E-state index contributed by atoms with van der Waals surface area (Å²) in [5.41, 5.74) is 0.827. The highest BCUT2D eigenvalue weighted by Gasteiger charge is 2.24. The normalized spacial score (nSPS) is 21.4. The third-order valence-electron chi connectivity index (χ3n) is 4.76. The Labute approximate surface area is 154 Å². The van der Waals surface area contributed by atoms with Gasteiger partial charge in [-0.15, -0.1) is 11.8 Å². The van der Waals surface area contributed by atoms with Gasteiger partial charge in [0.15, 0.2) is 13.1 Å². The van der Waals surface area contributed by atoms with Crippen LogP contribution in [0.5, 0.6) is 0 Å². The molecule has 0 heterocycles. The highest BCUT2D eigenvalue weighted by atomic mass is 32.2. The van der Waals surface area contributed by atoms with E-state index >= 15 is 0 Å². The summed E-state index contributed by atoms with van der Waals surface area (Å²) >= 11 is 1.60. The zero-order chi connectivity index (χ0) is 18.2. The number of anilines is 1. The molecule has 1 aromatic rings. The molecule has 6 heteroatoms. The SMILES string of the molecule is CSc1ccccc1NC(=O)C[NH+](C)CC(=O)N[C@H]1CCCC[C@H]1C. The van der Waals surface area contributed by atoms with E-state index in [0.717, 1.165) is 21.9 Å². The van der Waals surface area contributed by atoms with Crippen LogP contribution in [0.4, 0.5) is 5.69 Å². The van der Waals surface area contributed by atoms with Crippen LogP contribution >= 0.6 is 11.8 Å². The molecule has 1 fully saturated rings. The number of carbonyl (C=O) groups excluding carboxylic acids is 2. The lowest BCUT2D eigenvalue weighted by atomic mass is 9.86. The van der Waals surface area contributed by atoms with Crippen molar-refractivity contribution in [2.75, 3.05) is 31.7 Å². The molecule has 0 aromatic heterocycles. The zero-order valence-corrected chi connectivity index (χ0v) is 16.2. The van der Waals surface area contributed by atoms with E-state index in [2.05, 4.69) is 17.6 Å². The lowest BCUT2D eigenvalue weighted by Crippen LogP contribution is -3.11. The van der Waals surface area contributed by atoms with Gasteiger partial charge >= 0.3 is 0 Å². The Morgan fingerprint density at radius 1 is 1.16 bits per heavy atom. The van der Waals surface area contributed by atoms with Crippen molar-refractivity contribution in [3.63, 3.8) is 0 Å². The first-order valence-electron chi connectivity index (χ1n) is 9.03. The third-order valence-corrected chi connectivity index (χ3v) is 5.56. The fourth-order valence-electron chi connectivity index (χ4n) is 3.34. The van der Waals surface area contributed by atoms with E-state index in [1.165, 1.54) is 19.3 Å². The van der Waals surface area contributed by atoms with Crippen molar-refractivity contribution >= 4 is 29.3 Å². The molecule has 0 bridgehead atoms. The van der Waals surface area contributed by atoms with Crippen LogP contribution in [0, 0.1) is 5.92 Å². The molecule has 0 spiro atoms. The Bertz CT molecular complexity index is 594. The van der Waals surface area contributed by atoms with E-state index in [-0.39, 0.29) is 24.4 Å². The van der Waals surface area contributed by atoms with Crippen LogP contribution in [-0.4, -0.2) is 44.2 Å². The fraction of sp³-hybridized carbons (Fsp3) is 0.579. The van der Waals surface area contributed by atoms with E-state index in [1.54, 1.807) is 11.8 Å². The predicted molar refractivity (Wildman–Crippen MR) is 103 cm³/mol. The number of carbonyl (C=O) groups is 2. The van der Waals surface area contributed by atoms with Crippen LogP contribution < -0.4 is 15.5 Å². The number of nitrogens with one attached hydrogen (secondary N) is 3. The van der Waals surface area contributed by atoms with Crippen LogP contribution in [0.2, 0.25) is 0 Å². The number of amides is 2. The van der Waals surface area contributed by atoms with Crippen LogP contribution in [0.25, 0.3) is 0 Å². The average molecular weight is 365 g/mol. The van der Waals surface area contributed by atoms with Gasteiger partial charge in [-0.1, -0.05) is 31.9 Å². The topological polar surface area (TPSA) is 62.6 Å². The maximum atomic E-state index is 12.2. The van der Waals surface area contributed by atoms with Gasteiger partial charge in [0.25, 0.3) is 11.8 Å². The van der Waals surface area contributed by atoms with Gasteiger partial charge in [-0.25, -0.2) is 0 Å². The molecule has 5 nitrogen and oxygen atoms in total. The molecule has 1 aliphatic carbocycles. The number of benzene rings is 1. The highest BCUT2D eigenvalue weighted by Crippen LogP contribution is 2.24. The summed E-state index contributed by atoms with van der Waals surface area (Å²) in [4.78, 5) is 26.4. The molecule has 1 saturated carbocycles. The van der Waals surface area contributed by atoms with Gasteiger partial charge in [0.2, 0.25) is 0 Å². The van der Waals surface area contributed by atoms with Gasteiger partial charge in [0, 0.05) is 10.9 Å². The van der Waals surface area contributed by atoms with Crippen molar-refractivity contribution in [3.05, 3.63) is 24.3 Å². The molecular weight excluding hydrogens is 334 g/mol. The second-order valence-corrected chi connectivity index (χ2v) is 7.84. The number of thioether (sulfide) groups is 1. The number of rotatable bonds is 7. The van der Waals surface area contributed by atoms with Gasteiger partial charge in [-0.2, -0.15) is 0 Å². The standard InChI is InChI=1S/C19H29N3O2S/c1-14-8-4-5-9-15(14)20-18(23)12-22(2)13-19(24)21-16-10-6-7-11-17(16)25-3/h6-7,10-11,14-15H,4-5,8-9,12-13H2,1-3H3,(H,20,23)(H,21,24)/p+1/t14-,15+/m1/s1. The minimum Gasteiger partial charge on any atom is -0.348 e. The quantitative estimate of drug-likeness (QED) is 0.644. The Hall–Kier alpha value is -1.53. The summed E-state index contributed by atoms with van der Waals surface area (Å²) in [7, 11) is 1.88. The van der Waals surface area contributed by atoms with Crippen molar-refractivity contribution < 1.29 is 14.5 Å². The molecule has 3 N–H and O–H groups in total. The van der Waals surface area contributed by atoms with Crippen LogP contribution in [0.15, 0.2) is 29.2 Å². The van der Waals surface area contributed by atoms with E-state index in [4.69, 9.17) is 0 Å². The summed E-state index contributed by atoms with van der Waals surface area (Å²) in [6.45, 7) is 2.80. The lowest BCUT2D eigenvalue weighted by molar-refractivity contribution is -0.862. The van der Waals surface area contributed by atoms with Crippen molar-refractivity contribution in [1.82, 2.24) is 5.32 Å². The second kappa shape index (κ2) is 9.82. The summed E-state index contributed by atoms with van der Waals surface area (Å²) in [5, 5.41) is 6.09. The summed E-state index contributed by atoms with van der Waals surface area (Å²) in [6.07, 6.45) is 6.69. The Morgan fingerprint density at radius 2 is 1.84 bits per heavy atom. The van der Waals surface area contributed by atoms with Gasteiger partial charge in [-0.3, -0.25) is 9.59 Å². The van der Waals surface area contributed by atoms with E-state index in [9.17, 15) is 9.59 Å². The molecule has 138 valence electrons. The molecule has 2 rings (SSSR count). The number of hydrogen-bond donors (Lipinski definition) is 3. The molecule has 1 aromatic carbocycles. The molecule has 0 saturated heterocycles. The minimum atomic E-state index is -0.0714. The number of quaternary nitrogens is 1. The Morgan fingerprint density at radius 3 is 2.56 bits per heavy atom. The van der Waals surface area contributed by atoms with Crippen molar-refractivity contribution in [2.24, 2.45) is 5.92 Å². The zero-order valence-electron chi connectivity index (χ0n) is 15.4. The molecule has 1 unspecified atom stereocenters. The molecule has 0 aliphatic heterocycles. The molecule has 25 heavy (non-hydrogen) atoms. The average Bonchev–Trinajstić information content (AvgIpc) is 2.57. The van der Waals surface area contributed by atoms with E-state index < -0.39 is 0 Å². The maximum absolute atomic E-state index is 12.2. The van der Waals surface area contributed by atoms with E-state index in [0.29, 0.717) is 12.5 Å². The summed E-state index contributed by atoms with van der Waals surface area (Å²) in [6, 6.07) is 8.03. The first-order valence-corrected chi connectivity index (χ1v) is 10.3. The molecule has 0 radical (unpaired) electrons.